The van der Waals surface area contributed by atoms with Crippen LogP contribution in [0.25, 0.3) is 0 Å². The van der Waals surface area contributed by atoms with E-state index in [1.165, 1.54) is 11.3 Å². The first-order valence-electron chi connectivity index (χ1n) is 7.05. The summed E-state index contributed by atoms with van der Waals surface area (Å²) in [6, 6.07) is 16.8. The van der Waals surface area contributed by atoms with Crippen LogP contribution in [-0.4, -0.2) is 11.9 Å². The number of ether oxygens (including phenoxy) is 1. The van der Waals surface area contributed by atoms with Gasteiger partial charge in [-0.15, -0.1) is 11.3 Å². The minimum absolute atomic E-state index is 0.302. The second-order valence-corrected chi connectivity index (χ2v) is 6.18. The zero-order valence-corrected chi connectivity index (χ0v) is 13.9. The molecule has 4 nitrogen and oxygen atoms in total. The Kier molecular flexibility index (Phi) is 4.93. The van der Waals surface area contributed by atoms with Crippen molar-refractivity contribution in [3.8, 4) is 5.75 Å². The van der Waals surface area contributed by atoms with Crippen molar-refractivity contribution in [2.24, 2.45) is 0 Å². The smallest absolute Gasteiger partial charge is 0.353 e. The number of esters is 1. The molecule has 6 heteroatoms. The van der Waals surface area contributed by atoms with Crippen LogP contribution >= 0.6 is 22.9 Å². The number of hydrogen-bond acceptors (Lipinski definition) is 4. The van der Waals surface area contributed by atoms with Gasteiger partial charge < -0.3 is 10.1 Å². The number of hydrogen-bond donors (Lipinski definition) is 1. The van der Waals surface area contributed by atoms with Gasteiger partial charge in [0, 0.05) is 5.69 Å². The van der Waals surface area contributed by atoms with E-state index in [0.29, 0.717) is 26.9 Å². The molecule has 0 fully saturated rings. The molecule has 1 amide bonds. The maximum Gasteiger partial charge on any atom is 0.353 e. The fourth-order valence-electron chi connectivity index (χ4n) is 2.00. The first-order chi connectivity index (χ1) is 11.6. The normalized spacial score (nSPS) is 10.2. The van der Waals surface area contributed by atoms with Crippen LogP contribution in [0.1, 0.15) is 20.0 Å². The molecule has 1 aromatic heterocycles. The molecule has 0 unspecified atom stereocenters. The minimum Gasteiger partial charge on any atom is -0.422 e. The maximum atomic E-state index is 12.2. The molecule has 0 spiro atoms. The Bertz CT molecular complexity index is 860. The van der Waals surface area contributed by atoms with Crippen LogP contribution in [0.2, 0.25) is 5.02 Å². The molecule has 0 aliphatic carbocycles. The first kappa shape index (κ1) is 16.2. The summed E-state index contributed by atoms with van der Waals surface area (Å²) in [5.74, 6) is -0.300. The summed E-state index contributed by atoms with van der Waals surface area (Å²) < 4.78 is 5.26. The van der Waals surface area contributed by atoms with E-state index >= 15 is 0 Å². The lowest BCUT2D eigenvalue weighted by molar-refractivity contribution is 0.0739. The van der Waals surface area contributed by atoms with Crippen LogP contribution in [-0.2, 0) is 0 Å². The number of carbonyl (C=O) groups is 2. The van der Waals surface area contributed by atoms with E-state index in [4.69, 9.17) is 16.3 Å². The molecule has 0 aliphatic heterocycles. The van der Waals surface area contributed by atoms with Gasteiger partial charge in [-0.1, -0.05) is 29.8 Å². The average Bonchev–Trinajstić information content (AvgIpc) is 3.11. The largest absolute Gasteiger partial charge is 0.422 e. The fraction of sp³-hybridized carbons (Fsp3) is 0. The Morgan fingerprint density at radius 1 is 0.958 bits per heavy atom. The van der Waals surface area contributed by atoms with Gasteiger partial charge in [0.15, 0.2) is 0 Å². The highest BCUT2D eigenvalue weighted by Gasteiger charge is 2.11. The Balaban J connectivity index is 1.65. The topological polar surface area (TPSA) is 55.4 Å². The molecule has 0 bridgehead atoms. The van der Waals surface area contributed by atoms with Crippen LogP contribution in [0, 0.1) is 0 Å². The monoisotopic (exact) mass is 357 g/mol. The standard InChI is InChI=1S/C18H12ClNO3S/c19-15-5-2-1-4-14(15)17(21)20-12-7-9-13(10-8-12)23-18(22)16-6-3-11-24-16/h1-11H,(H,20,21). The molecule has 1 heterocycles. The summed E-state index contributed by atoms with van der Waals surface area (Å²) in [5, 5.41) is 4.94. The number of rotatable bonds is 4. The van der Waals surface area contributed by atoms with E-state index in [0.717, 1.165) is 0 Å². The summed E-state index contributed by atoms with van der Waals surface area (Å²) in [7, 11) is 0. The zero-order chi connectivity index (χ0) is 16.9. The number of amides is 1. The van der Waals surface area contributed by atoms with Gasteiger partial charge in [0.05, 0.1) is 10.6 Å². The number of thiophene rings is 1. The molecule has 1 N–H and O–H groups in total. The maximum absolute atomic E-state index is 12.2. The van der Waals surface area contributed by atoms with Crippen molar-refractivity contribution in [1.29, 1.82) is 0 Å². The molecule has 0 aliphatic rings. The fourth-order valence-corrected chi connectivity index (χ4v) is 2.82. The molecule has 120 valence electrons. The van der Waals surface area contributed by atoms with E-state index in [1.54, 1.807) is 60.7 Å². The van der Waals surface area contributed by atoms with Crippen molar-refractivity contribution in [3.05, 3.63) is 81.5 Å². The Hall–Kier alpha value is -2.63. The predicted octanol–water partition coefficient (Wildman–Crippen LogP) is 4.87. The van der Waals surface area contributed by atoms with Crippen molar-refractivity contribution in [2.45, 2.75) is 0 Å². The van der Waals surface area contributed by atoms with Crippen LogP contribution in [0.15, 0.2) is 66.0 Å². The molecule has 3 rings (SSSR count). The van der Waals surface area contributed by atoms with Gasteiger partial charge in [-0.05, 0) is 47.8 Å². The summed E-state index contributed by atoms with van der Waals surface area (Å²) in [6.07, 6.45) is 0. The predicted molar refractivity (Wildman–Crippen MR) is 95.1 cm³/mol. The van der Waals surface area contributed by atoms with Gasteiger partial charge in [0.25, 0.3) is 5.91 Å². The second kappa shape index (κ2) is 7.29. The summed E-state index contributed by atoms with van der Waals surface area (Å²) in [4.78, 5) is 24.6. The lowest BCUT2D eigenvalue weighted by Crippen LogP contribution is -2.12. The zero-order valence-electron chi connectivity index (χ0n) is 12.4. The highest BCUT2D eigenvalue weighted by Crippen LogP contribution is 2.20. The number of anilines is 1. The molecule has 0 radical (unpaired) electrons. The van der Waals surface area contributed by atoms with Crippen molar-refractivity contribution < 1.29 is 14.3 Å². The number of halogens is 1. The Labute approximate surface area is 147 Å². The molecular weight excluding hydrogens is 346 g/mol. The number of carbonyl (C=O) groups excluding carboxylic acids is 2. The van der Waals surface area contributed by atoms with E-state index in [2.05, 4.69) is 5.32 Å². The van der Waals surface area contributed by atoms with Gasteiger partial charge in [0.2, 0.25) is 0 Å². The van der Waals surface area contributed by atoms with E-state index in [9.17, 15) is 9.59 Å². The van der Waals surface area contributed by atoms with Gasteiger partial charge in [-0.25, -0.2) is 4.79 Å². The van der Waals surface area contributed by atoms with Gasteiger partial charge in [-0.2, -0.15) is 0 Å². The summed E-state index contributed by atoms with van der Waals surface area (Å²) >= 11 is 7.32. The lowest BCUT2D eigenvalue weighted by Gasteiger charge is -2.08. The third-order valence-electron chi connectivity index (χ3n) is 3.16. The Morgan fingerprint density at radius 3 is 2.38 bits per heavy atom. The molecule has 0 saturated heterocycles. The molecule has 3 aromatic rings. The SMILES string of the molecule is O=C(Oc1ccc(NC(=O)c2ccccc2Cl)cc1)c1cccs1. The van der Waals surface area contributed by atoms with Crippen molar-refractivity contribution in [2.75, 3.05) is 5.32 Å². The van der Waals surface area contributed by atoms with Crippen molar-refractivity contribution in [3.63, 3.8) is 0 Å². The van der Waals surface area contributed by atoms with Crippen LogP contribution < -0.4 is 10.1 Å². The molecule has 0 saturated carbocycles. The van der Waals surface area contributed by atoms with Crippen LogP contribution in [0.5, 0.6) is 5.75 Å². The minimum atomic E-state index is -0.405. The van der Waals surface area contributed by atoms with Crippen molar-refractivity contribution in [1.82, 2.24) is 0 Å². The van der Waals surface area contributed by atoms with Crippen LogP contribution in [0.4, 0.5) is 5.69 Å². The third kappa shape index (κ3) is 3.82. The summed E-state index contributed by atoms with van der Waals surface area (Å²) in [6.45, 7) is 0. The summed E-state index contributed by atoms with van der Waals surface area (Å²) in [5.41, 5.74) is 0.975. The molecule has 2 aromatic carbocycles. The van der Waals surface area contributed by atoms with Gasteiger partial charge >= 0.3 is 5.97 Å². The highest BCUT2D eigenvalue weighted by molar-refractivity contribution is 7.12. The van der Waals surface area contributed by atoms with E-state index in [-0.39, 0.29) is 5.91 Å². The third-order valence-corrected chi connectivity index (χ3v) is 4.34. The molecule has 0 atom stereocenters. The lowest BCUT2D eigenvalue weighted by atomic mass is 10.2. The van der Waals surface area contributed by atoms with Crippen LogP contribution in [0.3, 0.4) is 0 Å². The number of benzene rings is 2. The average molecular weight is 358 g/mol. The first-order valence-corrected chi connectivity index (χ1v) is 8.31. The highest BCUT2D eigenvalue weighted by atomic mass is 35.5. The van der Waals surface area contributed by atoms with Crippen molar-refractivity contribution >= 4 is 40.5 Å². The van der Waals surface area contributed by atoms with Gasteiger partial charge in [-0.3, -0.25) is 4.79 Å². The molecular formula is C18H12ClNO3S. The van der Waals surface area contributed by atoms with E-state index in [1.807, 2.05) is 5.38 Å². The quantitative estimate of drug-likeness (QED) is 0.535. The second-order valence-electron chi connectivity index (χ2n) is 4.83. The number of nitrogens with one attached hydrogen (secondary N) is 1. The van der Waals surface area contributed by atoms with Gasteiger partial charge in [0.1, 0.15) is 10.6 Å². The molecule has 24 heavy (non-hydrogen) atoms. The Morgan fingerprint density at radius 2 is 1.71 bits per heavy atom. The van der Waals surface area contributed by atoms with E-state index < -0.39 is 5.97 Å².